The third-order valence-corrected chi connectivity index (χ3v) is 6.70. The van der Waals surface area contributed by atoms with Crippen molar-refractivity contribution in [1.82, 2.24) is 14.9 Å². The van der Waals surface area contributed by atoms with Gasteiger partial charge in [0.15, 0.2) is 0 Å². The lowest BCUT2D eigenvalue weighted by molar-refractivity contribution is -0.136. The number of ether oxygens (including phenoxy) is 1. The van der Waals surface area contributed by atoms with Crippen LogP contribution in [-0.2, 0) is 9.59 Å². The molecule has 3 aromatic rings. The van der Waals surface area contributed by atoms with E-state index >= 15 is 0 Å². The van der Waals surface area contributed by atoms with Gasteiger partial charge in [0.25, 0.3) is 0 Å². The second-order valence-corrected chi connectivity index (χ2v) is 8.82. The molecule has 1 atom stereocenters. The number of piperidine rings is 1. The Hall–Kier alpha value is -3.35. The summed E-state index contributed by atoms with van der Waals surface area (Å²) in [5.41, 5.74) is 3.83. The van der Waals surface area contributed by atoms with Crippen LogP contribution in [0.25, 0.3) is 11.0 Å². The van der Waals surface area contributed by atoms with Crippen LogP contribution in [0.15, 0.2) is 42.5 Å². The Balaban J connectivity index is 1.24. The standard InChI is InChI=1S/C25H28N4O3/c1-16-7-8-22(32-2)21(13-16)29-15-18(14-23(29)30)25(31)28-11-9-17(10-12-28)24-26-19-5-3-4-6-20(19)27-24/h3-8,13,17-18H,9-12,14-15H2,1-2H3,(H,26,27). The van der Waals surface area contributed by atoms with Crippen molar-refractivity contribution in [3.05, 3.63) is 53.9 Å². The Bertz CT molecular complexity index is 1130. The largest absolute Gasteiger partial charge is 0.495 e. The zero-order valence-corrected chi connectivity index (χ0v) is 18.5. The Morgan fingerprint density at radius 3 is 2.69 bits per heavy atom. The number of nitrogens with one attached hydrogen (secondary N) is 1. The maximum atomic E-state index is 13.2. The van der Waals surface area contributed by atoms with Gasteiger partial charge in [0.2, 0.25) is 11.8 Å². The van der Waals surface area contributed by atoms with Gasteiger partial charge in [-0.25, -0.2) is 4.98 Å². The highest BCUT2D eigenvalue weighted by Gasteiger charge is 2.39. The van der Waals surface area contributed by atoms with Crippen LogP contribution in [0.3, 0.4) is 0 Å². The molecule has 3 heterocycles. The molecule has 166 valence electrons. The van der Waals surface area contributed by atoms with Crippen molar-refractivity contribution in [2.24, 2.45) is 5.92 Å². The van der Waals surface area contributed by atoms with Crippen molar-refractivity contribution in [3.63, 3.8) is 0 Å². The molecule has 2 fully saturated rings. The predicted molar refractivity (Wildman–Crippen MR) is 123 cm³/mol. The van der Waals surface area contributed by atoms with Gasteiger partial charge < -0.3 is 19.5 Å². The number of carbonyl (C=O) groups is 2. The molecule has 2 aliphatic rings. The van der Waals surface area contributed by atoms with Gasteiger partial charge in [0.1, 0.15) is 11.6 Å². The fourth-order valence-electron chi connectivity index (χ4n) is 4.91. The number of carbonyl (C=O) groups excluding carboxylic acids is 2. The molecular formula is C25H28N4O3. The first kappa shape index (κ1) is 20.5. The number of rotatable bonds is 4. The molecule has 1 N–H and O–H groups in total. The summed E-state index contributed by atoms with van der Waals surface area (Å²) in [5.74, 6) is 1.73. The van der Waals surface area contributed by atoms with Crippen LogP contribution in [0, 0.1) is 12.8 Å². The van der Waals surface area contributed by atoms with Gasteiger partial charge in [-0.2, -0.15) is 0 Å². The monoisotopic (exact) mass is 432 g/mol. The number of benzene rings is 2. The highest BCUT2D eigenvalue weighted by Crippen LogP contribution is 2.35. The average molecular weight is 433 g/mol. The molecule has 1 aromatic heterocycles. The molecule has 7 heteroatoms. The Labute approximate surface area is 187 Å². The molecule has 7 nitrogen and oxygen atoms in total. The average Bonchev–Trinajstić information content (AvgIpc) is 3.42. The van der Waals surface area contributed by atoms with E-state index in [0.29, 0.717) is 31.3 Å². The van der Waals surface area contributed by atoms with Crippen LogP contribution >= 0.6 is 0 Å². The Morgan fingerprint density at radius 1 is 1.16 bits per heavy atom. The minimum atomic E-state index is -0.310. The molecule has 0 bridgehead atoms. The van der Waals surface area contributed by atoms with E-state index in [-0.39, 0.29) is 24.2 Å². The number of aryl methyl sites for hydroxylation is 1. The summed E-state index contributed by atoms with van der Waals surface area (Å²) in [6, 6.07) is 13.8. The molecule has 2 aromatic carbocycles. The van der Waals surface area contributed by atoms with Gasteiger partial charge in [-0.1, -0.05) is 18.2 Å². The summed E-state index contributed by atoms with van der Waals surface area (Å²) in [5, 5.41) is 0. The lowest BCUT2D eigenvalue weighted by atomic mass is 9.95. The molecular weight excluding hydrogens is 404 g/mol. The number of imidazole rings is 1. The number of nitrogens with zero attached hydrogens (tertiary/aromatic N) is 3. The number of fused-ring (bicyclic) bond motifs is 1. The molecule has 0 radical (unpaired) electrons. The van der Waals surface area contributed by atoms with E-state index in [1.807, 2.05) is 54.3 Å². The highest BCUT2D eigenvalue weighted by molar-refractivity contribution is 6.01. The maximum absolute atomic E-state index is 13.2. The molecule has 2 saturated heterocycles. The van der Waals surface area contributed by atoms with E-state index in [2.05, 4.69) is 4.98 Å². The van der Waals surface area contributed by atoms with Gasteiger partial charge in [-0.15, -0.1) is 0 Å². The number of likely N-dealkylation sites (tertiary alicyclic amines) is 1. The topological polar surface area (TPSA) is 78.5 Å². The second-order valence-electron chi connectivity index (χ2n) is 8.82. The number of aromatic amines is 1. The van der Waals surface area contributed by atoms with Crippen LogP contribution < -0.4 is 9.64 Å². The van der Waals surface area contributed by atoms with E-state index in [4.69, 9.17) is 9.72 Å². The molecule has 2 amide bonds. The fourth-order valence-corrected chi connectivity index (χ4v) is 4.91. The van der Waals surface area contributed by atoms with Crippen LogP contribution in [0.1, 0.15) is 36.6 Å². The summed E-state index contributed by atoms with van der Waals surface area (Å²) in [6.07, 6.45) is 2.00. The van der Waals surface area contributed by atoms with E-state index < -0.39 is 0 Å². The lowest BCUT2D eigenvalue weighted by Gasteiger charge is -2.32. The third kappa shape index (κ3) is 3.72. The first-order valence-electron chi connectivity index (χ1n) is 11.2. The smallest absolute Gasteiger partial charge is 0.228 e. The SMILES string of the molecule is COc1ccc(C)cc1N1CC(C(=O)N2CCC(c3nc4ccccc4[nH]3)CC2)CC1=O. The third-order valence-electron chi connectivity index (χ3n) is 6.70. The lowest BCUT2D eigenvalue weighted by Crippen LogP contribution is -2.42. The van der Waals surface area contributed by atoms with Gasteiger partial charge in [0, 0.05) is 32.0 Å². The second kappa shape index (κ2) is 8.30. The highest BCUT2D eigenvalue weighted by atomic mass is 16.5. The summed E-state index contributed by atoms with van der Waals surface area (Å²) in [7, 11) is 1.60. The van der Waals surface area contributed by atoms with Crippen molar-refractivity contribution >= 4 is 28.5 Å². The first-order chi connectivity index (χ1) is 15.5. The molecule has 32 heavy (non-hydrogen) atoms. The van der Waals surface area contributed by atoms with Gasteiger partial charge >= 0.3 is 0 Å². The molecule has 0 saturated carbocycles. The molecule has 2 aliphatic heterocycles. The minimum absolute atomic E-state index is 0.0237. The molecule has 0 aliphatic carbocycles. The quantitative estimate of drug-likeness (QED) is 0.683. The zero-order chi connectivity index (χ0) is 22.2. The van der Waals surface area contributed by atoms with Crippen LogP contribution in [0.2, 0.25) is 0 Å². The Kier molecular flexibility index (Phi) is 5.33. The van der Waals surface area contributed by atoms with Crippen molar-refractivity contribution in [3.8, 4) is 5.75 Å². The van der Waals surface area contributed by atoms with Crippen molar-refractivity contribution in [2.45, 2.75) is 32.1 Å². The number of amides is 2. The van der Waals surface area contributed by atoms with Crippen LogP contribution in [-0.4, -0.2) is 53.4 Å². The van der Waals surface area contributed by atoms with E-state index in [0.717, 1.165) is 41.0 Å². The summed E-state index contributed by atoms with van der Waals surface area (Å²) in [4.78, 5) is 37.8. The number of para-hydroxylation sites is 2. The van der Waals surface area contributed by atoms with E-state index in [1.165, 1.54) is 0 Å². The van der Waals surface area contributed by atoms with Gasteiger partial charge in [-0.05, 0) is 49.6 Å². The number of aromatic nitrogens is 2. The molecule has 5 rings (SSSR count). The van der Waals surface area contributed by atoms with E-state index in [1.54, 1.807) is 12.0 Å². The number of methoxy groups -OCH3 is 1. The first-order valence-corrected chi connectivity index (χ1v) is 11.2. The van der Waals surface area contributed by atoms with Gasteiger partial charge in [-0.3, -0.25) is 9.59 Å². The number of hydrogen-bond donors (Lipinski definition) is 1. The number of hydrogen-bond acceptors (Lipinski definition) is 4. The fraction of sp³-hybridized carbons (Fsp3) is 0.400. The van der Waals surface area contributed by atoms with Crippen molar-refractivity contribution < 1.29 is 14.3 Å². The Morgan fingerprint density at radius 2 is 1.94 bits per heavy atom. The molecule has 1 unspecified atom stereocenters. The van der Waals surface area contributed by atoms with Crippen LogP contribution in [0.5, 0.6) is 5.75 Å². The van der Waals surface area contributed by atoms with Crippen LogP contribution in [0.4, 0.5) is 5.69 Å². The van der Waals surface area contributed by atoms with Crippen molar-refractivity contribution in [2.75, 3.05) is 31.6 Å². The van der Waals surface area contributed by atoms with Gasteiger partial charge in [0.05, 0.1) is 29.7 Å². The normalized spacial score (nSPS) is 19.7. The predicted octanol–water partition coefficient (Wildman–Crippen LogP) is 3.64. The summed E-state index contributed by atoms with van der Waals surface area (Å²) >= 11 is 0. The van der Waals surface area contributed by atoms with E-state index in [9.17, 15) is 9.59 Å². The zero-order valence-electron chi connectivity index (χ0n) is 18.5. The van der Waals surface area contributed by atoms with Crippen molar-refractivity contribution in [1.29, 1.82) is 0 Å². The maximum Gasteiger partial charge on any atom is 0.228 e. The summed E-state index contributed by atoms with van der Waals surface area (Å²) < 4.78 is 5.45. The number of anilines is 1. The molecule has 0 spiro atoms. The minimum Gasteiger partial charge on any atom is -0.495 e. The summed E-state index contributed by atoms with van der Waals surface area (Å²) in [6.45, 7) is 3.78. The number of H-pyrrole nitrogens is 1.